The molecular formula is C33H32N2O6. The number of anilines is 1. The van der Waals surface area contributed by atoms with Gasteiger partial charge in [0.1, 0.15) is 11.8 Å². The first-order valence-electron chi connectivity index (χ1n) is 14.1. The second-order valence-corrected chi connectivity index (χ2v) is 11.1. The lowest BCUT2D eigenvalue weighted by Crippen LogP contribution is -2.49. The summed E-state index contributed by atoms with van der Waals surface area (Å²) in [5.74, 6) is -3.68. The van der Waals surface area contributed by atoms with Crippen molar-refractivity contribution in [3.05, 3.63) is 95.1 Å². The summed E-state index contributed by atoms with van der Waals surface area (Å²) in [6, 6.07) is 21.8. The van der Waals surface area contributed by atoms with E-state index in [1.807, 2.05) is 55.5 Å². The quantitative estimate of drug-likeness (QED) is 0.327. The van der Waals surface area contributed by atoms with Crippen LogP contribution >= 0.6 is 0 Å². The van der Waals surface area contributed by atoms with Gasteiger partial charge in [-0.3, -0.25) is 19.3 Å². The number of rotatable bonds is 8. The molecule has 1 N–H and O–H groups in total. The molecule has 1 aliphatic heterocycles. The van der Waals surface area contributed by atoms with Gasteiger partial charge < -0.3 is 14.8 Å². The second-order valence-electron chi connectivity index (χ2n) is 11.1. The Labute approximate surface area is 238 Å². The highest BCUT2D eigenvalue weighted by molar-refractivity contribution is 6.10. The van der Waals surface area contributed by atoms with Gasteiger partial charge in [0.2, 0.25) is 11.8 Å². The normalized spacial score (nSPS) is 22.6. The van der Waals surface area contributed by atoms with Crippen molar-refractivity contribution in [1.29, 1.82) is 0 Å². The Kier molecular flexibility index (Phi) is 6.85. The number of carbonyl (C=O) groups excluding carboxylic acids is 4. The Morgan fingerprint density at radius 3 is 1.78 bits per heavy atom. The molecule has 8 nitrogen and oxygen atoms in total. The summed E-state index contributed by atoms with van der Waals surface area (Å²) in [5, 5.41) is 2.70. The van der Waals surface area contributed by atoms with Crippen molar-refractivity contribution in [2.24, 2.45) is 17.8 Å². The van der Waals surface area contributed by atoms with Crippen LogP contribution in [-0.4, -0.2) is 47.8 Å². The van der Waals surface area contributed by atoms with Crippen LogP contribution in [0.25, 0.3) is 0 Å². The summed E-state index contributed by atoms with van der Waals surface area (Å²) in [6.07, 6.45) is 0. The zero-order valence-electron chi connectivity index (χ0n) is 23.2. The largest absolute Gasteiger partial charge is 0.492 e. The van der Waals surface area contributed by atoms with Crippen molar-refractivity contribution in [3.8, 4) is 5.75 Å². The number of hydrogen-bond acceptors (Lipinski definition) is 6. The zero-order chi connectivity index (χ0) is 28.8. The molecule has 41 heavy (non-hydrogen) atoms. The van der Waals surface area contributed by atoms with Crippen LogP contribution in [0.1, 0.15) is 54.9 Å². The summed E-state index contributed by atoms with van der Waals surface area (Å²) >= 11 is 0. The fourth-order valence-electron chi connectivity index (χ4n) is 6.91. The Balaban J connectivity index is 1.24. The lowest BCUT2D eigenvalue weighted by Gasteiger charge is -2.45. The van der Waals surface area contributed by atoms with Crippen LogP contribution < -0.4 is 10.1 Å². The molecule has 210 valence electrons. The maximum absolute atomic E-state index is 14.1. The van der Waals surface area contributed by atoms with Crippen molar-refractivity contribution >= 4 is 29.4 Å². The van der Waals surface area contributed by atoms with E-state index in [9.17, 15) is 19.2 Å². The minimum atomic E-state index is -1.14. The average Bonchev–Trinajstić information content (AvgIpc) is 3.23. The molecule has 2 bridgehead atoms. The molecule has 3 atom stereocenters. The smallest absolute Gasteiger partial charge is 0.330 e. The second kappa shape index (κ2) is 10.5. The van der Waals surface area contributed by atoms with Crippen molar-refractivity contribution in [1.82, 2.24) is 4.90 Å². The molecule has 3 aliphatic carbocycles. The Morgan fingerprint density at radius 1 is 0.805 bits per heavy atom. The number of carbonyl (C=O) groups is 4. The van der Waals surface area contributed by atoms with Crippen LogP contribution in [0.2, 0.25) is 0 Å². The predicted octanol–water partition coefficient (Wildman–Crippen LogP) is 4.48. The molecule has 8 heteroatoms. The van der Waals surface area contributed by atoms with Gasteiger partial charge in [0, 0.05) is 11.8 Å². The molecule has 3 aromatic rings. The number of esters is 1. The van der Waals surface area contributed by atoms with Gasteiger partial charge in [0.25, 0.3) is 5.91 Å². The van der Waals surface area contributed by atoms with Gasteiger partial charge >= 0.3 is 5.97 Å². The Hall–Kier alpha value is -4.46. The number of imide groups is 1. The number of likely N-dealkylation sites (tertiary alicyclic amines) is 1. The van der Waals surface area contributed by atoms with E-state index in [1.54, 1.807) is 38.1 Å². The van der Waals surface area contributed by atoms with Gasteiger partial charge in [-0.2, -0.15) is 0 Å². The highest BCUT2D eigenvalue weighted by Crippen LogP contribution is 2.61. The number of amides is 3. The van der Waals surface area contributed by atoms with E-state index >= 15 is 0 Å². The maximum atomic E-state index is 14.1. The highest BCUT2D eigenvalue weighted by Gasteiger charge is 2.63. The number of para-hydroxylation sites is 2. The van der Waals surface area contributed by atoms with Crippen LogP contribution in [0.5, 0.6) is 5.75 Å². The van der Waals surface area contributed by atoms with Gasteiger partial charge in [-0.05, 0) is 47.2 Å². The minimum Gasteiger partial charge on any atom is -0.492 e. The molecule has 3 aromatic carbocycles. The monoisotopic (exact) mass is 552 g/mol. The third kappa shape index (κ3) is 4.29. The predicted molar refractivity (Wildman–Crippen MR) is 151 cm³/mol. The van der Waals surface area contributed by atoms with E-state index < -0.39 is 42.3 Å². The van der Waals surface area contributed by atoms with Gasteiger partial charge in [0.15, 0.2) is 6.61 Å². The SMILES string of the molecule is CCOc1ccccc1NC(=O)COC(=O)[C@H](C(C)C)N1C(=O)[C@H]2C3c4ccccc4C(c4ccccc43)[C@@H]2C1=O. The van der Waals surface area contributed by atoms with Gasteiger partial charge in [-0.25, -0.2) is 4.79 Å². The lowest BCUT2D eigenvalue weighted by molar-refractivity contribution is -0.162. The van der Waals surface area contributed by atoms with E-state index in [-0.39, 0.29) is 23.7 Å². The Bertz CT molecular complexity index is 1430. The summed E-state index contributed by atoms with van der Waals surface area (Å²) in [7, 11) is 0. The summed E-state index contributed by atoms with van der Waals surface area (Å²) < 4.78 is 11.0. The van der Waals surface area contributed by atoms with Crippen LogP contribution in [0.4, 0.5) is 5.69 Å². The van der Waals surface area contributed by atoms with Crippen LogP contribution in [-0.2, 0) is 23.9 Å². The average molecular weight is 553 g/mol. The van der Waals surface area contributed by atoms with Crippen molar-refractivity contribution < 1.29 is 28.7 Å². The molecule has 0 unspecified atom stereocenters. The molecule has 0 saturated carbocycles. The van der Waals surface area contributed by atoms with E-state index in [2.05, 4.69) is 5.32 Å². The third-order valence-electron chi connectivity index (χ3n) is 8.44. The topological polar surface area (TPSA) is 102 Å². The van der Waals surface area contributed by atoms with Crippen molar-refractivity contribution in [3.63, 3.8) is 0 Å². The lowest BCUT2D eigenvalue weighted by atomic mass is 9.55. The first-order valence-corrected chi connectivity index (χ1v) is 14.1. The third-order valence-corrected chi connectivity index (χ3v) is 8.44. The van der Waals surface area contributed by atoms with E-state index in [0.29, 0.717) is 18.0 Å². The maximum Gasteiger partial charge on any atom is 0.330 e. The number of nitrogens with zero attached hydrogens (tertiary/aromatic N) is 1. The number of benzene rings is 3. The summed E-state index contributed by atoms with van der Waals surface area (Å²) in [6.45, 7) is 5.24. The number of hydrogen-bond donors (Lipinski definition) is 1. The van der Waals surface area contributed by atoms with Crippen molar-refractivity contribution in [2.45, 2.75) is 38.6 Å². The van der Waals surface area contributed by atoms with E-state index in [4.69, 9.17) is 9.47 Å². The molecule has 3 amide bonds. The molecule has 1 saturated heterocycles. The molecule has 0 radical (unpaired) electrons. The van der Waals surface area contributed by atoms with Gasteiger partial charge in [0.05, 0.1) is 24.1 Å². The molecule has 4 aliphatic rings. The van der Waals surface area contributed by atoms with E-state index in [0.717, 1.165) is 27.2 Å². The number of ether oxygens (including phenoxy) is 2. The van der Waals surface area contributed by atoms with Gasteiger partial charge in [-0.1, -0.05) is 74.5 Å². The molecule has 7 rings (SSSR count). The highest BCUT2D eigenvalue weighted by atomic mass is 16.5. The molecular weight excluding hydrogens is 520 g/mol. The summed E-state index contributed by atoms with van der Waals surface area (Å²) in [5.41, 5.74) is 4.71. The molecule has 1 heterocycles. The van der Waals surface area contributed by atoms with Gasteiger partial charge in [-0.15, -0.1) is 0 Å². The molecule has 0 spiro atoms. The van der Waals surface area contributed by atoms with E-state index in [1.165, 1.54) is 0 Å². The van der Waals surface area contributed by atoms with Crippen LogP contribution in [0.3, 0.4) is 0 Å². The standard InChI is InChI=1S/C33H32N2O6/c1-4-40-24-16-10-9-15-23(24)34-25(36)17-41-33(39)30(18(2)3)35-31(37)28-26-19-11-5-6-12-20(19)27(29(28)32(35)38)22-14-8-7-13-21(22)26/h5-16,18,26-30H,4,17H2,1-3H3,(H,34,36)/t26?,27?,28-,29-,30-/m0/s1. The Morgan fingerprint density at radius 2 is 1.29 bits per heavy atom. The minimum absolute atomic E-state index is 0.265. The molecule has 0 aromatic heterocycles. The fraction of sp³-hybridized carbons (Fsp3) is 0.333. The van der Waals surface area contributed by atoms with Crippen molar-refractivity contribution in [2.75, 3.05) is 18.5 Å². The number of nitrogens with one attached hydrogen (secondary N) is 1. The fourth-order valence-corrected chi connectivity index (χ4v) is 6.91. The summed E-state index contributed by atoms with van der Waals surface area (Å²) in [4.78, 5) is 55.4. The first kappa shape index (κ1) is 26.7. The molecule has 1 fully saturated rings. The first-order chi connectivity index (χ1) is 19.8. The zero-order valence-corrected chi connectivity index (χ0v) is 23.2. The van der Waals surface area contributed by atoms with Crippen LogP contribution in [0, 0.1) is 17.8 Å². The van der Waals surface area contributed by atoms with Crippen LogP contribution in [0.15, 0.2) is 72.8 Å².